The summed E-state index contributed by atoms with van der Waals surface area (Å²) in [5.74, 6) is -0.255. The van der Waals surface area contributed by atoms with Crippen LogP contribution in [0.2, 0.25) is 5.02 Å². The van der Waals surface area contributed by atoms with Gasteiger partial charge in [-0.25, -0.2) is 4.98 Å². The number of hydrogen-bond acceptors (Lipinski definition) is 4. The van der Waals surface area contributed by atoms with Crippen molar-refractivity contribution < 1.29 is 4.79 Å². The van der Waals surface area contributed by atoms with Crippen molar-refractivity contribution in [3.63, 3.8) is 0 Å². The molecular formula is C22H19ClN4O2S. The lowest BCUT2D eigenvalue weighted by Gasteiger charge is -2.02. The molecular weight excluding hydrogens is 420 g/mol. The summed E-state index contributed by atoms with van der Waals surface area (Å²) in [6, 6.07) is 16.7. The molecule has 8 heteroatoms. The number of nitrogens with one attached hydrogen (secondary N) is 2. The number of benzene rings is 2. The maximum absolute atomic E-state index is 13.0. The van der Waals surface area contributed by atoms with Gasteiger partial charge < -0.3 is 5.32 Å². The van der Waals surface area contributed by atoms with Crippen LogP contribution in [0.1, 0.15) is 32.2 Å². The fraction of sp³-hybridized carbons (Fsp3) is 0.136. The van der Waals surface area contributed by atoms with Crippen molar-refractivity contribution in [2.24, 2.45) is 0 Å². The van der Waals surface area contributed by atoms with Crippen LogP contribution >= 0.6 is 22.9 Å². The van der Waals surface area contributed by atoms with Gasteiger partial charge in [0, 0.05) is 28.4 Å². The summed E-state index contributed by atoms with van der Waals surface area (Å²) in [6.07, 6.45) is 0.416. The molecule has 2 aromatic heterocycles. The molecule has 0 saturated carbocycles. The van der Waals surface area contributed by atoms with Gasteiger partial charge in [0.2, 0.25) is 5.13 Å². The van der Waals surface area contributed by atoms with Crippen LogP contribution in [0.3, 0.4) is 0 Å². The van der Waals surface area contributed by atoms with Gasteiger partial charge in [-0.3, -0.25) is 14.7 Å². The summed E-state index contributed by atoms with van der Waals surface area (Å²) in [5, 5.41) is 6.97. The van der Waals surface area contributed by atoms with Gasteiger partial charge in [-0.2, -0.15) is 4.68 Å². The van der Waals surface area contributed by atoms with Crippen LogP contribution in [-0.2, 0) is 6.42 Å². The zero-order chi connectivity index (χ0) is 21.3. The summed E-state index contributed by atoms with van der Waals surface area (Å²) in [4.78, 5) is 30.6. The highest BCUT2D eigenvalue weighted by atomic mass is 35.5. The summed E-state index contributed by atoms with van der Waals surface area (Å²) in [5.41, 5.74) is 3.30. The van der Waals surface area contributed by atoms with Crippen LogP contribution in [0.25, 0.3) is 5.13 Å². The van der Waals surface area contributed by atoms with E-state index in [-0.39, 0.29) is 11.5 Å². The molecule has 0 aliphatic carbocycles. The van der Waals surface area contributed by atoms with Crippen molar-refractivity contribution in [1.82, 2.24) is 14.8 Å². The number of aromatic nitrogens is 3. The summed E-state index contributed by atoms with van der Waals surface area (Å²) in [7, 11) is 0. The van der Waals surface area contributed by atoms with Crippen LogP contribution in [0.15, 0.2) is 59.4 Å². The van der Waals surface area contributed by atoms with E-state index in [0.717, 1.165) is 11.3 Å². The molecule has 6 nitrogen and oxygen atoms in total. The minimum Gasteiger partial charge on any atom is -0.321 e. The van der Waals surface area contributed by atoms with Crippen LogP contribution in [0.5, 0.6) is 0 Å². The van der Waals surface area contributed by atoms with E-state index in [1.54, 1.807) is 13.0 Å². The molecule has 0 atom stereocenters. The van der Waals surface area contributed by atoms with Gasteiger partial charge in [0.25, 0.3) is 11.5 Å². The molecule has 0 unspecified atom stereocenters. The number of rotatable bonds is 5. The average Bonchev–Trinajstić information content (AvgIpc) is 3.25. The number of thiazole rings is 1. The molecule has 30 heavy (non-hydrogen) atoms. The minimum atomic E-state index is -0.255. The quantitative estimate of drug-likeness (QED) is 0.472. The maximum Gasteiger partial charge on any atom is 0.277 e. The Morgan fingerprint density at radius 3 is 2.57 bits per heavy atom. The third-order valence-corrected chi connectivity index (χ3v) is 6.24. The molecule has 1 amide bonds. The number of aryl methyl sites for hydroxylation is 2. The largest absolute Gasteiger partial charge is 0.321 e. The fourth-order valence-corrected chi connectivity index (χ4v) is 4.28. The second kappa shape index (κ2) is 8.30. The van der Waals surface area contributed by atoms with Crippen molar-refractivity contribution in [2.45, 2.75) is 20.3 Å². The van der Waals surface area contributed by atoms with Crippen LogP contribution < -0.4 is 10.9 Å². The van der Waals surface area contributed by atoms with Crippen molar-refractivity contribution in [3.05, 3.63) is 97.4 Å². The molecule has 0 spiro atoms. The number of carbonyl (C=O) groups excluding carboxylic acids is 1. The van der Waals surface area contributed by atoms with E-state index in [1.807, 2.05) is 55.5 Å². The first-order chi connectivity index (χ1) is 14.4. The topological polar surface area (TPSA) is 79.8 Å². The lowest BCUT2D eigenvalue weighted by atomic mass is 10.1. The number of carbonyl (C=O) groups is 1. The lowest BCUT2D eigenvalue weighted by molar-refractivity contribution is 0.103. The number of hydrogen-bond donors (Lipinski definition) is 2. The number of anilines is 1. The summed E-state index contributed by atoms with van der Waals surface area (Å²) >= 11 is 7.42. The molecule has 0 fully saturated rings. The van der Waals surface area contributed by atoms with E-state index in [2.05, 4.69) is 15.4 Å². The highest BCUT2D eigenvalue weighted by Crippen LogP contribution is 2.23. The van der Waals surface area contributed by atoms with Gasteiger partial charge in [-0.1, -0.05) is 59.3 Å². The second-order valence-electron chi connectivity index (χ2n) is 6.86. The Morgan fingerprint density at radius 2 is 1.83 bits per heavy atom. The highest BCUT2D eigenvalue weighted by Gasteiger charge is 2.20. The molecule has 2 aromatic carbocycles. The number of nitrogens with zero attached hydrogens (tertiary/aromatic N) is 2. The first-order valence-corrected chi connectivity index (χ1v) is 10.5. The SMILES string of the molecule is Cc1nc(-n2[nH]c(C)c(Cc3ccccc3Cl)c2=O)sc1C(=O)Nc1ccccc1. The maximum atomic E-state index is 13.0. The minimum absolute atomic E-state index is 0.198. The van der Waals surface area contributed by atoms with E-state index < -0.39 is 0 Å². The van der Waals surface area contributed by atoms with Crippen molar-refractivity contribution in [2.75, 3.05) is 5.32 Å². The molecule has 4 aromatic rings. The smallest absolute Gasteiger partial charge is 0.277 e. The first-order valence-electron chi connectivity index (χ1n) is 9.32. The Bertz CT molecular complexity index is 1270. The molecule has 0 aliphatic rings. The van der Waals surface area contributed by atoms with Crippen molar-refractivity contribution in [3.8, 4) is 5.13 Å². The van der Waals surface area contributed by atoms with Crippen molar-refractivity contribution >= 4 is 34.5 Å². The third kappa shape index (κ3) is 3.94. The van der Waals surface area contributed by atoms with Gasteiger partial charge in [0.1, 0.15) is 4.88 Å². The summed E-state index contributed by atoms with van der Waals surface area (Å²) in [6.45, 7) is 3.60. The Kier molecular flexibility index (Phi) is 5.57. The number of H-pyrrole nitrogens is 1. The Hall–Kier alpha value is -3.16. The molecule has 0 saturated heterocycles. The van der Waals surface area contributed by atoms with E-state index in [4.69, 9.17) is 11.6 Å². The molecule has 0 aliphatic heterocycles. The van der Waals surface area contributed by atoms with Crippen LogP contribution in [0.4, 0.5) is 5.69 Å². The lowest BCUT2D eigenvalue weighted by Crippen LogP contribution is -2.17. The zero-order valence-corrected chi connectivity index (χ0v) is 18.0. The third-order valence-electron chi connectivity index (χ3n) is 4.73. The normalized spacial score (nSPS) is 10.9. The molecule has 0 radical (unpaired) electrons. The number of para-hydroxylation sites is 1. The van der Waals surface area contributed by atoms with Gasteiger partial charge in [-0.05, 0) is 37.6 Å². The second-order valence-corrected chi connectivity index (χ2v) is 8.24. The van der Waals surface area contributed by atoms with E-state index in [0.29, 0.717) is 38.4 Å². The van der Waals surface area contributed by atoms with Crippen LogP contribution in [-0.4, -0.2) is 20.7 Å². The van der Waals surface area contributed by atoms with Gasteiger partial charge in [0.05, 0.1) is 5.69 Å². The molecule has 152 valence electrons. The molecule has 2 N–H and O–H groups in total. The van der Waals surface area contributed by atoms with Gasteiger partial charge >= 0.3 is 0 Å². The summed E-state index contributed by atoms with van der Waals surface area (Å²) < 4.78 is 1.39. The number of halogens is 1. The van der Waals surface area contributed by atoms with E-state index >= 15 is 0 Å². The fourth-order valence-electron chi connectivity index (χ4n) is 3.15. The van der Waals surface area contributed by atoms with Crippen molar-refractivity contribution in [1.29, 1.82) is 0 Å². The molecule has 2 heterocycles. The van der Waals surface area contributed by atoms with Gasteiger partial charge in [-0.15, -0.1) is 0 Å². The molecule has 4 rings (SSSR count). The van der Waals surface area contributed by atoms with E-state index in [9.17, 15) is 9.59 Å². The number of aromatic amines is 1. The zero-order valence-electron chi connectivity index (χ0n) is 16.4. The average molecular weight is 439 g/mol. The Labute approximate surface area is 182 Å². The molecule has 0 bridgehead atoms. The number of amides is 1. The predicted molar refractivity (Wildman–Crippen MR) is 120 cm³/mol. The van der Waals surface area contributed by atoms with E-state index in [1.165, 1.54) is 16.0 Å². The Morgan fingerprint density at radius 1 is 1.13 bits per heavy atom. The standard InChI is InChI=1S/C22H19ClN4O2S/c1-13-17(12-15-8-6-7-11-18(15)23)21(29)27(26-13)22-24-14(2)19(30-22)20(28)25-16-9-4-3-5-10-16/h3-11,26H,12H2,1-2H3,(H,25,28). The van der Waals surface area contributed by atoms with Gasteiger partial charge in [0.15, 0.2) is 0 Å². The predicted octanol–water partition coefficient (Wildman–Crippen LogP) is 4.74. The van der Waals surface area contributed by atoms with Crippen LogP contribution in [0, 0.1) is 13.8 Å². The monoisotopic (exact) mass is 438 g/mol. The first kappa shape index (κ1) is 20.1. The highest BCUT2D eigenvalue weighted by molar-refractivity contribution is 7.16. The Balaban J connectivity index is 1.64.